The van der Waals surface area contributed by atoms with E-state index in [4.69, 9.17) is 0 Å². The Kier molecular flexibility index (Phi) is 7.63. The van der Waals surface area contributed by atoms with Crippen LogP contribution in [0.15, 0.2) is 49.6 Å². The van der Waals surface area contributed by atoms with Gasteiger partial charge < -0.3 is 20.8 Å². The summed E-state index contributed by atoms with van der Waals surface area (Å²) in [6, 6.07) is 8.58. The Morgan fingerprint density at radius 3 is 1.32 bits per heavy atom. The van der Waals surface area contributed by atoms with E-state index in [0.717, 1.165) is 0 Å². The van der Waals surface area contributed by atoms with Crippen LogP contribution in [-0.4, -0.2) is 46.0 Å². The normalized spacial score (nSPS) is 17.3. The fourth-order valence-corrected chi connectivity index (χ4v) is 4.03. The molecule has 3 rings (SSSR count). The quantitative estimate of drug-likeness (QED) is 0.471. The van der Waals surface area contributed by atoms with Crippen LogP contribution in [0.5, 0.6) is 0 Å². The topological polar surface area (TPSA) is 133 Å². The molecule has 0 aromatic heterocycles. The van der Waals surface area contributed by atoms with Crippen LogP contribution < -0.4 is 10.6 Å². The first-order valence-corrected chi connectivity index (χ1v) is 10.8. The van der Waals surface area contributed by atoms with E-state index in [9.17, 15) is 29.4 Å². The van der Waals surface area contributed by atoms with Gasteiger partial charge in [0.25, 0.3) is 11.8 Å². The maximum Gasteiger partial charge on any atom is 0.336 e. The Hall–Kier alpha value is -4.20. The van der Waals surface area contributed by atoms with Crippen molar-refractivity contribution in [2.24, 2.45) is 0 Å². The number of amides is 2. The lowest BCUT2D eigenvalue weighted by atomic mass is 9.90. The van der Waals surface area contributed by atoms with Gasteiger partial charge in [-0.1, -0.05) is 37.4 Å². The number of carboxylic acid groups (broad SMARTS) is 2. The summed E-state index contributed by atoms with van der Waals surface area (Å²) in [4.78, 5) is 48.5. The highest BCUT2D eigenvalue weighted by atomic mass is 16.4. The first kappa shape index (κ1) is 24.4. The molecule has 8 nitrogen and oxygen atoms in total. The van der Waals surface area contributed by atoms with Crippen LogP contribution in [0.4, 0.5) is 0 Å². The third-order valence-electron chi connectivity index (χ3n) is 5.91. The zero-order valence-corrected chi connectivity index (χ0v) is 18.5. The molecule has 4 N–H and O–H groups in total. The molecule has 1 fully saturated rings. The molecule has 0 spiro atoms. The van der Waals surface area contributed by atoms with E-state index in [-0.39, 0.29) is 34.3 Å². The lowest BCUT2D eigenvalue weighted by Gasteiger charge is -2.30. The van der Waals surface area contributed by atoms with Crippen molar-refractivity contribution in [3.63, 3.8) is 0 Å². The molecule has 1 aliphatic rings. The Morgan fingerprint density at radius 2 is 1.03 bits per heavy atom. The van der Waals surface area contributed by atoms with E-state index < -0.39 is 23.8 Å². The van der Waals surface area contributed by atoms with Gasteiger partial charge in [-0.3, -0.25) is 9.59 Å². The molecule has 0 saturated heterocycles. The van der Waals surface area contributed by atoms with Gasteiger partial charge >= 0.3 is 11.9 Å². The molecule has 2 aromatic carbocycles. The Balaban J connectivity index is 1.62. The molecular formula is C26H26N2O6. The monoisotopic (exact) mass is 462 g/mol. The van der Waals surface area contributed by atoms with E-state index in [1.807, 2.05) is 0 Å². The number of benzene rings is 2. The highest BCUT2D eigenvalue weighted by molar-refractivity contribution is 6.06. The van der Waals surface area contributed by atoms with Gasteiger partial charge in [-0.05, 0) is 61.1 Å². The lowest BCUT2D eigenvalue weighted by molar-refractivity contribution is 0.0681. The Labute approximate surface area is 197 Å². The van der Waals surface area contributed by atoms with Crippen LogP contribution in [0.25, 0.3) is 12.2 Å². The second kappa shape index (κ2) is 10.6. The molecule has 2 amide bonds. The minimum absolute atomic E-state index is 0.0728. The van der Waals surface area contributed by atoms with Gasteiger partial charge in [0, 0.05) is 12.1 Å². The lowest BCUT2D eigenvalue weighted by Crippen LogP contribution is -2.44. The van der Waals surface area contributed by atoms with Gasteiger partial charge in [-0.25, -0.2) is 9.59 Å². The van der Waals surface area contributed by atoms with E-state index in [2.05, 4.69) is 23.8 Å². The zero-order chi connectivity index (χ0) is 24.8. The maximum absolute atomic E-state index is 12.8. The van der Waals surface area contributed by atoms with Crippen molar-refractivity contribution in [1.29, 1.82) is 0 Å². The molecule has 0 radical (unpaired) electrons. The summed E-state index contributed by atoms with van der Waals surface area (Å²) in [7, 11) is 0. The van der Waals surface area contributed by atoms with Crippen molar-refractivity contribution in [2.45, 2.75) is 37.8 Å². The molecule has 8 heteroatoms. The number of carboxylic acids is 2. The number of carbonyl (C=O) groups is 4. The summed E-state index contributed by atoms with van der Waals surface area (Å²) in [5, 5.41) is 24.6. The number of hydrogen-bond donors (Lipinski definition) is 4. The van der Waals surface area contributed by atoms with Gasteiger partial charge in [-0.15, -0.1) is 0 Å². The second-order valence-electron chi connectivity index (χ2n) is 8.12. The van der Waals surface area contributed by atoms with Crippen molar-refractivity contribution < 1.29 is 29.4 Å². The number of nitrogens with one attached hydrogen (secondary N) is 2. The number of carbonyl (C=O) groups excluding carboxylic acids is 2. The van der Waals surface area contributed by atoms with Crippen LogP contribution in [0, 0.1) is 0 Å². The molecule has 0 atom stereocenters. The standard InChI is InChI=1S/C26H26N2O6/c1-3-15-5-11-19(25(31)32)21(13-15)23(29)27-17-7-9-18(10-8-17)28-24(30)22-14-16(4-2)6-12-20(22)26(33)34/h3-6,11-14,17-18H,1-2,7-10H2,(H,27,29)(H,28,30)(H,31,32)(H,33,34). The van der Waals surface area contributed by atoms with Crippen LogP contribution in [0.1, 0.15) is 78.2 Å². The highest BCUT2D eigenvalue weighted by Gasteiger charge is 2.27. The number of aromatic carboxylic acids is 2. The summed E-state index contributed by atoms with van der Waals surface area (Å²) in [5.41, 5.74) is 1.26. The van der Waals surface area contributed by atoms with Crippen molar-refractivity contribution in [1.82, 2.24) is 10.6 Å². The average molecular weight is 463 g/mol. The maximum atomic E-state index is 12.8. The van der Waals surface area contributed by atoms with Gasteiger partial charge in [0.1, 0.15) is 0 Å². The van der Waals surface area contributed by atoms with E-state index in [1.165, 1.54) is 36.4 Å². The van der Waals surface area contributed by atoms with Crippen LogP contribution >= 0.6 is 0 Å². The molecule has 176 valence electrons. The molecular weight excluding hydrogens is 436 g/mol. The molecule has 1 aliphatic carbocycles. The van der Waals surface area contributed by atoms with Crippen molar-refractivity contribution in [3.05, 3.63) is 82.9 Å². The molecule has 0 bridgehead atoms. The fourth-order valence-electron chi connectivity index (χ4n) is 4.03. The zero-order valence-electron chi connectivity index (χ0n) is 18.5. The second-order valence-corrected chi connectivity index (χ2v) is 8.12. The molecule has 34 heavy (non-hydrogen) atoms. The third kappa shape index (κ3) is 5.58. The Morgan fingerprint density at radius 1 is 0.676 bits per heavy atom. The molecule has 0 aliphatic heterocycles. The highest BCUT2D eigenvalue weighted by Crippen LogP contribution is 2.22. The molecule has 0 heterocycles. The number of rotatable bonds is 8. The average Bonchev–Trinajstić information content (AvgIpc) is 2.84. The van der Waals surface area contributed by atoms with E-state index in [0.29, 0.717) is 36.8 Å². The molecule has 2 aromatic rings. The van der Waals surface area contributed by atoms with Crippen LogP contribution in [-0.2, 0) is 0 Å². The van der Waals surface area contributed by atoms with E-state index >= 15 is 0 Å². The summed E-state index contributed by atoms with van der Waals surface area (Å²) >= 11 is 0. The first-order chi connectivity index (χ1) is 16.2. The van der Waals surface area contributed by atoms with Crippen molar-refractivity contribution >= 4 is 35.9 Å². The predicted octanol–water partition coefficient (Wildman–Crippen LogP) is 3.84. The molecule has 1 saturated carbocycles. The van der Waals surface area contributed by atoms with E-state index in [1.54, 1.807) is 12.1 Å². The third-order valence-corrected chi connectivity index (χ3v) is 5.91. The SMILES string of the molecule is C=Cc1ccc(C(=O)O)c(C(=O)NC2CCC(NC(=O)c3cc(C=C)ccc3C(=O)O)CC2)c1. The number of hydrogen-bond acceptors (Lipinski definition) is 4. The van der Waals surface area contributed by atoms with Gasteiger partial charge in [-0.2, -0.15) is 0 Å². The fraction of sp³-hybridized carbons (Fsp3) is 0.231. The smallest absolute Gasteiger partial charge is 0.336 e. The minimum Gasteiger partial charge on any atom is -0.478 e. The van der Waals surface area contributed by atoms with Gasteiger partial charge in [0.2, 0.25) is 0 Å². The summed E-state index contributed by atoms with van der Waals surface area (Å²) in [5.74, 6) is -3.32. The van der Waals surface area contributed by atoms with Crippen LogP contribution in [0.2, 0.25) is 0 Å². The molecule has 0 unspecified atom stereocenters. The summed E-state index contributed by atoms with van der Waals surface area (Å²) in [6.45, 7) is 7.30. The van der Waals surface area contributed by atoms with Crippen molar-refractivity contribution in [2.75, 3.05) is 0 Å². The minimum atomic E-state index is -1.19. The first-order valence-electron chi connectivity index (χ1n) is 10.8. The van der Waals surface area contributed by atoms with Crippen LogP contribution in [0.3, 0.4) is 0 Å². The van der Waals surface area contributed by atoms with Crippen molar-refractivity contribution in [3.8, 4) is 0 Å². The Bertz CT molecular complexity index is 1070. The van der Waals surface area contributed by atoms with Gasteiger partial charge in [0.05, 0.1) is 22.3 Å². The predicted molar refractivity (Wildman–Crippen MR) is 128 cm³/mol. The summed E-state index contributed by atoms with van der Waals surface area (Å²) in [6.07, 6.45) is 5.41. The largest absolute Gasteiger partial charge is 0.478 e. The summed E-state index contributed by atoms with van der Waals surface area (Å²) < 4.78 is 0. The van der Waals surface area contributed by atoms with Gasteiger partial charge in [0.15, 0.2) is 0 Å².